The first-order valence-electron chi connectivity index (χ1n) is 10.9. The van der Waals surface area contributed by atoms with E-state index in [0.29, 0.717) is 30.5 Å². The second-order valence-corrected chi connectivity index (χ2v) is 7.90. The molecule has 0 aliphatic carbocycles. The summed E-state index contributed by atoms with van der Waals surface area (Å²) in [6, 6.07) is 5.71. The SMILES string of the molecule is COc1cc(-c2cn(C3CCOCC3)c3ncnc(N)c23)ccc1NC(=O)OC1=COCOC1. The quantitative estimate of drug-likeness (QED) is 0.579. The molecular weight excluding hydrogens is 442 g/mol. The van der Waals surface area contributed by atoms with Gasteiger partial charge in [-0.15, -0.1) is 0 Å². The van der Waals surface area contributed by atoms with Crippen molar-refractivity contribution < 1.29 is 28.5 Å². The normalized spacial score (nSPS) is 16.6. The molecule has 4 heterocycles. The van der Waals surface area contributed by atoms with Gasteiger partial charge in [0.25, 0.3) is 0 Å². The Labute approximate surface area is 195 Å². The predicted octanol–water partition coefficient (Wildman–Crippen LogP) is 3.43. The number of fused-ring (bicyclic) bond motifs is 1. The van der Waals surface area contributed by atoms with Gasteiger partial charge in [0, 0.05) is 31.0 Å². The summed E-state index contributed by atoms with van der Waals surface area (Å²) >= 11 is 0. The van der Waals surface area contributed by atoms with Gasteiger partial charge in [-0.05, 0) is 30.5 Å². The summed E-state index contributed by atoms with van der Waals surface area (Å²) in [7, 11) is 1.53. The van der Waals surface area contributed by atoms with Crippen LogP contribution in [0.2, 0.25) is 0 Å². The second kappa shape index (κ2) is 9.57. The average molecular weight is 467 g/mol. The van der Waals surface area contributed by atoms with Crippen molar-refractivity contribution >= 4 is 28.6 Å². The highest BCUT2D eigenvalue weighted by Gasteiger charge is 2.23. The van der Waals surface area contributed by atoms with Crippen LogP contribution in [0.25, 0.3) is 22.2 Å². The maximum atomic E-state index is 12.3. The van der Waals surface area contributed by atoms with Crippen LogP contribution in [0.15, 0.2) is 42.7 Å². The topological polar surface area (TPSA) is 132 Å². The van der Waals surface area contributed by atoms with Gasteiger partial charge in [0.2, 0.25) is 0 Å². The van der Waals surface area contributed by atoms with Crippen LogP contribution < -0.4 is 15.8 Å². The molecule has 5 rings (SSSR count). The first-order valence-corrected chi connectivity index (χ1v) is 10.9. The van der Waals surface area contributed by atoms with Gasteiger partial charge < -0.3 is 34.0 Å². The maximum Gasteiger partial charge on any atom is 0.417 e. The van der Waals surface area contributed by atoms with Gasteiger partial charge in [0.15, 0.2) is 12.6 Å². The van der Waals surface area contributed by atoms with E-state index in [1.54, 1.807) is 6.07 Å². The number of hydrogen-bond donors (Lipinski definition) is 2. The van der Waals surface area contributed by atoms with Crippen molar-refractivity contribution in [2.24, 2.45) is 0 Å². The van der Waals surface area contributed by atoms with Crippen molar-refractivity contribution in [3.05, 3.63) is 42.7 Å². The van der Waals surface area contributed by atoms with Crippen LogP contribution in [0.1, 0.15) is 18.9 Å². The number of nitrogen functional groups attached to an aromatic ring is 1. The van der Waals surface area contributed by atoms with E-state index >= 15 is 0 Å². The molecule has 2 aliphatic rings. The number of nitrogens with two attached hydrogens (primary N) is 1. The van der Waals surface area contributed by atoms with Gasteiger partial charge in [-0.25, -0.2) is 14.8 Å². The van der Waals surface area contributed by atoms with Crippen LogP contribution in [0.4, 0.5) is 16.3 Å². The van der Waals surface area contributed by atoms with Crippen LogP contribution in [-0.2, 0) is 18.9 Å². The lowest BCUT2D eigenvalue weighted by Crippen LogP contribution is -2.19. The minimum absolute atomic E-state index is 0.129. The number of nitrogens with zero attached hydrogens (tertiary/aromatic N) is 3. The molecule has 3 N–H and O–H groups in total. The lowest BCUT2D eigenvalue weighted by molar-refractivity contribution is -0.0385. The van der Waals surface area contributed by atoms with Crippen LogP contribution in [0, 0.1) is 0 Å². The Hall–Kier alpha value is -3.83. The summed E-state index contributed by atoms with van der Waals surface area (Å²) in [5.74, 6) is 1.14. The summed E-state index contributed by atoms with van der Waals surface area (Å²) in [6.45, 7) is 1.70. The van der Waals surface area contributed by atoms with E-state index in [1.807, 2.05) is 12.1 Å². The number of anilines is 2. The van der Waals surface area contributed by atoms with Gasteiger partial charge in [-0.1, -0.05) is 6.07 Å². The van der Waals surface area contributed by atoms with E-state index in [4.69, 9.17) is 29.4 Å². The molecule has 11 nitrogen and oxygen atoms in total. The number of methoxy groups -OCH3 is 1. The number of rotatable bonds is 5. The number of aromatic nitrogens is 3. The molecule has 11 heteroatoms. The molecule has 0 saturated carbocycles. The molecule has 178 valence electrons. The smallest absolute Gasteiger partial charge is 0.417 e. The highest BCUT2D eigenvalue weighted by molar-refractivity contribution is 6.01. The number of carbonyl (C=O) groups excluding carboxylic acids is 1. The Bertz CT molecular complexity index is 1230. The Morgan fingerprint density at radius 1 is 1.24 bits per heavy atom. The van der Waals surface area contributed by atoms with Gasteiger partial charge in [0.05, 0.1) is 18.2 Å². The van der Waals surface area contributed by atoms with Gasteiger partial charge in [-0.2, -0.15) is 0 Å². The monoisotopic (exact) mass is 467 g/mol. The Morgan fingerprint density at radius 3 is 2.85 bits per heavy atom. The first kappa shape index (κ1) is 22.0. The molecule has 34 heavy (non-hydrogen) atoms. The molecule has 2 aromatic heterocycles. The van der Waals surface area contributed by atoms with Crippen LogP contribution in [0.5, 0.6) is 5.75 Å². The van der Waals surface area contributed by atoms with E-state index < -0.39 is 6.09 Å². The fourth-order valence-corrected chi connectivity index (χ4v) is 4.19. The Balaban J connectivity index is 1.46. The molecule has 1 fully saturated rings. The number of nitrogens with one attached hydrogen (secondary N) is 1. The molecule has 0 spiro atoms. The highest BCUT2D eigenvalue weighted by Crippen LogP contribution is 2.39. The van der Waals surface area contributed by atoms with Gasteiger partial charge in [0.1, 0.15) is 36.4 Å². The fourth-order valence-electron chi connectivity index (χ4n) is 4.19. The number of amides is 1. The largest absolute Gasteiger partial charge is 0.495 e. The van der Waals surface area contributed by atoms with E-state index in [1.165, 1.54) is 19.7 Å². The predicted molar refractivity (Wildman–Crippen MR) is 123 cm³/mol. The minimum Gasteiger partial charge on any atom is -0.495 e. The molecule has 1 amide bonds. The van der Waals surface area contributed by atoms with Crippen molar-refractivity contribution in [1.82, 2.24) is 14.5 Å². The van der Waals surface area contributed by atoms with Crippen LogP contribution >= 0.6 is 0 Å². The van der Waals surface area contributed by atoms with Crippen molar-refractivity contribution in [2.75, 3.05) is 44.8 Å². The van der Waals surface area contributed by atoms with Crippen LogP contribution in [-0.4, -0.2) is 54.4 Å². The Morgan fingerprint density at radius 2 is 2.09 bits per heavy atom. The molecule has 2 aliphatic heterocycles. The summed E-state index contributed by atoms with van der Waals surface area (Å²) < 4.78 is 28.5. The average Bonchev–Trinajstić information content (AvgIpc) is 3.26. The third kappa shape index (κ3) is 4.35. The third-order valence-corrected chi connectivity index (χ3v) is 5.81. The first-order chi connectivity index (χ1) is 16.6. The lowest BCUT2D eigenvalue weighted by atomic mass is 10.0. The van der Waals surface area contributed by atoms with Crippen molar-refractivity contribution in [3.63, 3.8) is 0 Å². The summed E-state index contributed by atoms with van der Waals surface area (Å²) in [6.07, 6.45) is 6.00. The number of hydrogen-bond acceptors (Lipinski definition) is 9. The summed E-state index contributed by atoms with van der Waals surface area (Å²) in [4.78, 5) is 21.0. The second-order valence-electron chi connectivity index (χ2n) is 7.90. The van der Waals surface area contributed by atoms with Gasteiger partial charge in [-0.3, -0.25) is 5.32 Å². The van der Waals surface area contributed by atoms with Crippen molar-refractivity contribution in [1.29, 1.82) is 0 Å². The van der Waals surface area contributed by atoms with E-state index in [2.05, 4.69) is 26.0 Å². The fraction of sp³-hybridized carbons (Fsp3) is 0.348. The summed E-state index contributed by atoms with van der Waals surface area (Å²) in [5.41, 5.74) is 9.24. The summed E-state index contributed by atoms with van der Waals surface area (Å²) in [5, 5.41) is 3.46. The molecule has 0 unspecified atom stereocenters. The van der Waals surface area contributed by atoms with Crippen molar-refractivity contribution in [2.45, 2.75) is 18.9 Å². The zero-order chi connectivity index (χ0) is 23.5. The number of ether oxygens (including phenoxy) is 5. The maximum absolute atomic E-state index is 12.3. The highest BCUT2D eigenvalue weighted by atomic mass is 16.7. The zero-order valence-corrected chi connectivity index (χ0v) is 18.7. The molecular formula is C23H25N5O6. The lowest BCUT2D eigenvalue weighted by Gasteiger charge is -2.24. The standard InChI is InChI=1S/C23H25N5O6/c1-30-19-8-14(2-3-18(19)27-23(29)34-16-10-32-13-33-11-16)17-9-28(15-4-6-31-7-5-15)22-20(17)21(24)25-12-26-22/h2-3,8-10,12,15H,4-7,11,13H2,1H3,(H,27,29)(H2,24,25,26). The molecule has 1 aromatic carbocycles. The van der Waals surface area contributed by atoms with Crippen LogP contribution in [0.3, 0.4) is 0 Å². The van der Waals surface area contributed by atoms with Gasteiger partial charge >= 0.3 is 6.09 Å². The molecule has 1 saturated heterocycles. The third-order valence-electron chi connectivity index (χ3n) is 5.81. The zero-order valence-electron chi connectivity index (χ0n) is 18.7. The van der Waals surface area contributed by atoms with E-state index in [-0.39, 0.29) is 25.2 Å². The van der Waals surface area contributed by atoms with E-state index in [0.717, 1.165) is 35.0 Å². The molecule has 0 bridgehead atoms. The molecule has 3 aromatic rings. The Kier molecular flexibility index (Phi) is 6.19. The minimum atomic E-state index is -0.680. The molecule has 0 atom stereocenters. The van der Waals surface area contributed by atoms with E-state index in [9.17, 15) is 4.79 Å². The molecule has 0 radical (unpaired) electrons. The number of benzene rings is 1. The van der Waals surface area contributed by atoms with Crippen molar-refractivity contribution in [3.8, 4) is 16.9 Å². The number of carbonyl (C=O) groups is 1.